The predicted octanol–water partition coefficient (Wildman–Crippen LogP) is 4.98. The molecule has 4 N–H and O–H groups in total. The number of nitrogens with zero attached hydrogens (tertiary/aromatic N) is 1. The Morgan fingerprint density at radius 1 is 1.08 bits per heavy atom. The van der Waals surface area contributed by atoms with Gasteiger partial charge >= 0.3 is 6.09 Å². The molecule has 0 aliphatic heterocycles. The van der Waals surface area contributed by atoms with Crippen LogP contribution in [0.1, 0.15) is 30.1 Å². The molecule has 0 spiro atoms. The van der Waals surface area contributed by atoms with E-state index < -0.39 is 35.8 Å². The number of phenolic OH excluding ortho intramolecular Hbond substituents is 1. The van der Waals surface area contributed by atoms with Gasteiger partial charge in [-0.25, -0.2) is 14.7 Å². The number of nitrogens with one attached hydrogen (secondary N) is 2. The number of carbonyl (C=O) groups is 2. The van der Waals surface area contributed by atoms with Crippen LogP contribution in [0.15, 0.2) is 84.9 Å². The average molecular weight is 506 g/mol. The van der Waals surface area contributed by atoms with Crippen molar-refractivity contribution < 1.29 is 33.8 Å². The molecule has 3 rings (SSSR count). The zero-order valence-electron chi connectivity index (χ0n) is 19.5. The Bertz CT molecular complexity index is 1280. The topological polar surface area (TPSA) is 141 Å². The number of para-hydroxylation sites is 1. The molecule has 2 atom stereocenters. The van der Waals surface area contributed by atoms with E-state index in [0.717, 1.165) is 18.2 Å². The van der Waals surface area contributed by atoms with Crippen LogP contribution in [-0.2, 0) is 9.53 Å². The lowest BCUT2D eigenvalue weighted by Crippen LogP contribution is -2.31. The summed E-state index contributed by atoms with van der Waals surface area (Å²) in [7, 11) is 0. The van der Waals surface area contributed by atoms with E-state index in [1.165, 1.54) is 41.9 Å². The first kappa shape index (κ1) is 26.7. The van der Waals surface area contributed by atoms with E-state index in [2.05, 4.69) is 5.32 Å². The summed E-state index contributed by atoms with van der Waals surface area (Å²) >= 11 is 0. The number of benzene rings is 3. The van der Waals surface area contributed by atoms with Crippen molar-refractivity contribution in [1.29, 1.82) is 5.26 Å². The van der Waals surface area contributed by atoms with Crippen molar-refractivity contribution in [2.45, 2.75) is 25.0 Å². The summed E-state index contributed by atoms with van der Waals surface area (Å²) < 4.78 is 26.1. The Kier molecular flexibility index (Phi) is 9.59. The number of hydrogen-bond donors (Lipinski definition) is 4. The van der Waals surface area contributed by atoms with Crippen LogP contribution < -0.4 is 15.5 Å². The predicted molar refractivity (Wildman–Crippen MR) is 131 cm³/mol. The molecule has 0 heterocycles. The highest BCUT2D eigenvalue weighted by Crippen LogP contribution is 2.31. The second-order valence-electron chi connectivity index (χ2n) is 7.78. The van der Waals surface area contributed by atoms with Crippen molar-refractivity contribution in [2.75, 3.05) is 5.32 Å². The minimum Gasteiger partial charge on any atom is -0.505 e. The molecule has 0 aliphatic rings. The maximum absolute atomic E-state index is 14.3. The highest BCUT2D eigenvalue weighted by Gasteiger charge is 2.30. The molecule has 0 saturated carbocycles. The van der Waals surface area contributed by atoms with Gasteiger partial charge in [-0.05, 0) is 66.9 Å². The lowest BCUT2D eigenvalue weighted by molar-refractivity contribution is -0.124. The smallest absolute Gasteiger partial charge is 0.412 e. The number of hydroxylamine groups is 1. The number of rotatable bonds is 10. The number of halogens is 1. The van der Waals surface area contributed by atoms with Crippen LogP contribution >= 0.6 is 0 Å². The van der Waals surface area contributed by atoms with Crippen LogP contribution in [0.2, 0.25) is 0 Å². The number of phenols is 1. The third-order valence-electron chi connectivity index (χ3n) is 5.16. The molecule has 0 saturated heterocycles. The van der Waals surface area contributed by atoms with Crippen molar-refractivity contribution in [3.8, 4) is 17.6 Å². The summed E-state index contributed by atoms with van der Waals surface area (Å²) in [5.41, 5.74) is 2.50. The Hall–Kier alpha value is -4.88. The Labute approximate surface area is 212 Å². The van der Waals surface area contributed by atoms with Gasteiger partial charge in [0.1, 0.15) is 11.9 Å². The van der Waals surface area contributed by atoms with E-state index in [4.69, 9.17) is 19.9 Å². The maximum Gasteiger partial charge on any atom is 0.412 e. The van der Waals surface area contributed by atoms with E-state index in [1.54, 1.807) is 30.3 Å². The second-order valence-corrected chi connectivity index (χ2v) is 7.78. The third-order valence-corrected chi connectivity index (χ3v) is 5.16. The summed E-state index contributed by atoms with van der Waals surface area (Å²) in [4.78, 5) is 24.1. The zero-order chi connectivity index (χ0) is 26.6. The molecule has 0 aromatic heterocycles. The number of aromatic hydroxyl groups is 1. The number of carbonyl (C=O) groups excluding carboxylic acids is 2. The van der Waals surface area contributed by atoms with Gasteiger partial charge in [0.15, 0.2) is 17.7 Å². The zero-order valence-corrected chi connectivity index (χ0v) is 19.5. The van der Waals surface area contributed by atoms with Gasteiger partial charge in [0, 0.05) is 11.8 Å². The summed E-state index contributed by atoms with van der Waals surface area (Å²) in [6.07, 6.45) is 0.295. The van der Waals surface area contributed by atoms with Crippen molar-refractivity contribution in [3.63, 3.8) is 0 Å². The highest BCUT2D eigenvalue weighted by molar-refractivity contribution is 5.86. The Balaban J connectivity index is 1.89. The molecule has 9 nitrogen and oxygen atoms in total. The molecule has 10 heteroatoms. The van der Waals surface area contributed by atoms with E-state index >= 15 is 0 Å². The SMILES string of the molecule is N#Cc1ccc(NC(=O)O[C@@H](c2ccc(O)c(F)c2)[C@H](CC/C=C/C(=O)NO)Oc2ccccc2)cc1. The van der Waals surface area contributed by atoms with E-state index in [1.807, 2.05) is 6.07 Å². The maximum atomic E-state index is 14.3. The normalized spacial score (nSPS) is 12.2. The molecule has 0 aliphatic carbocycles. The van der Waals surface area contributed by atoms with Gasteiger partial charge in [-0.2, -0.15) is 5.26 Å². The van der Waals surface area contributed by atoms with Crippen molar-refractivity contribution in [2.24, 2.45) is 0 Å². The number of allylic oxidation sites excluding steroid dienone is 1. The van der Waals surface area contributed by atoms with E-state index in [9.17, 15) is 19.1 Å². The first-order chi connectivity index (χ1) is 17.9. The second kappa shape index (κ2) is 13.3. The van der Waals surface area contributed by atoms with Crippen molar-refractivity contribution in [3.05, 3.63) is 102 Å². The molecule has 37 heavy (non-hydrogen) atoms. The van der Waals surface area contributed by atoms with Crippen LogP contribution in [0.5, 0.6) is 11.5 Å². The molecular formula is C27H24FN3O6. The Morgan fingerprint density at radius 3 is 2.46 bits per heavy atom. The van der Waals surface area contributed by atoms with Crippen LogP contribution in [0, 0.1) is 17.1 Å². The first-order valence-corrected chi connectivity index (χ1v) is 11.2. The summed E-state index contributed by atoms with van der Waals surface area (Å²) in [5, 5.41) is 29.8. The molecule has 0 unspecified atom stereocenters. The van der Waals surface area contributed by atoms with Gasteiger partial charge in [0.05, 0.1) is 11.6 Å². The van der Waals surface area contributed by atoms with Gasteiger partial charge < -0.3 is 14.6 Å². The number of amides is 2. The lowest BCUT2D eigenvalue weighted by atomic mass is 9.99. The number of hydrogen-bond acceptors (Lipinski definition) is 7. The van der Waals surface area contributed by atoms with Crippen LogP contribution in [0.4, 0.5) is 14.9 Å². The van der Waals surface area contributed by atoms with Crippen LogP contribution in [0.25, 0.3) is 0 Å². The molecule has 3 aromatic carbocycles. The average Bonchev–Trinajstić information content (AvgIpc) is 2.91. The van der Waals surface area contributed by atoms with E-state index in [0.29, 0.717) is 17.0 Å². The molecule has 0 bridgehead atoms. The molecule has 0 fully saturated rings. The van der Waals surface area contributed by atoms with E-state index in [-0.39, 0.29) is 18.4 Å². The van der Waals surface area contributed by atoms with Crippen LogP contribution in [0.3, 0.4) is 0 Å². The number of nitriles is 1. The first-order valence-electron chi connectivity index (χ1n) is 11.2. The van der Waals surface area contributed by atoms with Gasteiger partial charge in [-0.3, -0.25) is 15.3 Å². The summed E-state index contributed by atoms with van der Waals surface area (Å²) in [6, 6.07) is 20.4. The minimum absolute atomic E-state index is 0.224. The van der Waals surface area contributed by atoms with Gasteiger partial charge in [-0.15, -0.1) is 0 Å². The third kappa shape index (κ3) is 8.09. The quantitative estimate of drug-likeness (QED) is 0.173. The molecular weight excluding hydrogens is 481 g/mol. The molecule has 2 amide bonds. The fourth-order valence-corrected chi connectivity index (χ4v) is 3.38. The molecule has 190 valence electrons. The lowest BCUT2D eigenvalue weighted by Gasteiger charge is -2.28. The fraction of sp³-hybridized carbons (Fsp3) is 0.148. The van der Waals surface area contributed by atoms with Crippen molar-refractivity contribution >= 4 is 17.7 Å². The van der Waals surface area contributed by atoms with Gasteiger partial charge in [-0.1, -0.05) is 30.3 Å². The van der Waals surface area contributed by atoms with Crippen molar-refractivity contribution in [1.82, 2.24) is 5.48 Å². The monoisotopic (exact) mass is 505 g/mol. The van der Waals surface area contributed by atoms with Gasteiger partial charge in [0.2, 0.25) is 0 Å². The standard InChI is InChI=1S/C27H24FN3O6/c28-22-16-19(12-15-23(22)32)26(37-27(34)30-20-13-10-18(17-29)11-14-20)24(8-4-5-9-25(33)31-35)36-21-6-2-1-3-7-21/h1-3,5-7,9-16,24,26,32,35H,4,8H2,(H,30,34)(H,31,33)/b9-5+/t24-,26-/m0/s1. The highest BCUT2D eigenvalue weighted by atomic mass is 19.1. The van der Waals surface area contributed by atoms with Crippen LogP contribution in [-0.4, -0.2) is 28.4 Å². The Morgan fingerprint density at radius 2 is 1.81 bits per heavy atom. The summed E-state index contributed by atoms with van der Waals surface area (Å²) in [6.45, 7) is 0. The largest absolute Gasteiger partial charge is 0.505 e. The van der Waals surface area contributed by atoms with Gasteiger partial charge in [0.25, 0.3) is 5.91 Å². The summed E-state index contributed by atoms with van der Waals surface area (Å²) in [5.74, 6) is -1.72. The minimum atomic E-state index is -1.13. The fourth-order valence-electron chi connectivity index (χ4n) is 3.38. The number of ether oxygens (including phenoxy) is 2. The molecule has 3 aromatic rings. The molecule has 0 radical (unpaired) electrons. The number of anilines is 1.